The molecule has 0 spiro atoms. The van der Waals surface area contributed by atoms with Crippen molar-refractivity contribution in [3.63, 3.8) is 0 Å². The summed E-state index contributed by atoms with van der Waals surface area (Å²) in [6.07, 6.45) is 0. The van der Waals surface area contributed by atoms with Crippen molar-refractivity contribution in [2.45, 2.75) is 18.7 Å². The van der Waals surface area contributed by atoms with Gasteiger partial charge in [-0.15, -0.1) is 0 Å². The number of hydrogen-bond acceptors (Lipinski definition) is 7. The van der Waals surface area contributed by atoms with Crippen LogP contribution in [0.25, 0.3) is 0 Å². The summed E-state index contributed by atoms with van der Waals surface area (Å²) < 4.78 is 27.5. The molecule has 0 radical (unpaired) electrons. The van der Waals surface area contributed by atoms with Crippen molar-refractivity contribution in [3.05, 3.63) is 67.8 Å². The van der Waals surface area contributed by atoms with Gasteiger partial charge in [-0.1, -0.05) is 0 Å². The van der Waals surface area contributed by atoms with Gasteiger partial charge >= 0.3 is 0 Å². The smallest absolute Gasteiger partial charge is 0.271 e. The van der Waals surface area contributed by atoms with Crippen molar-refractivity contribution in [3.8, 4) is 0 Å². The minimum Gasteiger partial charge on any atom is -0.369 e. The molecule has 154 valence electrons. The highest BCUT2D eigenvalue weighted by Gasteiger charge is 2.31. The number of benzene rings is 2. The Balaban J connectivity index is 1.80. The monoisotopic (exact) mass is 420 g/mol. The summed E-state index contributed by atoms with van der Waals surface area (Å²) in [5.41, 5.74) is 1.55. The van der Waals surface area contributed by atoms with E-state index in [1.54, 1.807) is 26.0 Å². The first-order valence-electron chi connectivity index (χ1n) is 8.86. The second kappa shape index (κ2) is 7.76. The summed E-state index contributed by atoms with van der Waals surface area (Å²) in [5, 5.41) is 21.9. The summed E-state index contributed by atoms with van der Waals surface area (Å²) in [6.45, 7) is 4.52. The van der Waals surface area contributed by atoms with Crippen molar-refractivity contribution >= 4 is 27.1 Å². The molecule has 1 aliphatic rings. The van der Waals surface area contributed by atoms with Crippen LogP contribution in [-0.2, 0) is 10.0 Å². The zero-order valence-electron chi connectivity index (χ0n) is 15.9. The molecular weight excluding hydrogens is 400 g/mol. The second-order valence-corrected chi connectivity index (χ2v) is 8.71. The maximum atomic E-state index is 13.1. The fraction of sp³-hybridized carbons (Fsp3) is 0.333. The number of piperazine rings is 1. The van der Waals surface area contributed by atoms with Crippen LogP contribution < -0.4 is 4.90 Å². The molecule has 1 saturated heterocycles. The van der Waals surface area contributed by atoms with E-state index in [2.05, 4.69) is 0 Å². The molecule has 10 nitrogen and oxygen atoms in total. The lowest BCUT2D eigenvalue weighted by Gasteiger charge is -2.35. The lowest BCUT2D eigenvalue weighted by molar-refractivity contribution is -0.385. The van der Waals surface area contributed by atoms with Gasteiger partial charge in [0.1, 0.15) is 0 Å². The van der Waals surface area contributed by atoms with Crippen LogP contribution in [0.15, 0.2) is 41.3 Å². The third-order valence-corrected chi connectivity index (χ3v) is 7.12. The fourth-order valence-electron chi connectivity index (χ4n) is 3.29. The quantitative estimate of drug-likeness (QED) is 0.537. The molecule has 1 heterocycles. The minimum atomic E-state index is -3.88. The Morgan fingerprint density at radius 3 is 1.93 bits per heavy atom. The van der Waals surface area contributed by atoms with Crippen molar-refractivity contribution < 1.29 is 18.3 Å². The van der Waals surface area contributed by atoms with Crippen LogP contribution in [0.4, 0.5) is 17.1 Å². The first-order valence-corrected chi connectivity index (χ1v) is 10.3. The number of aryl methyl sites for hydroxylation is 1. The SMILES string of the molecule is Cc1cc([N+](=O)[O-])cc(S(=O)(=O)N2CCN(c3ccc([N+](=O)[O-])cc3)CC2)c1C. The molecule has 2 aromatic rings. The number of nitrogens with zero attached hydrogens (tertiary/aromatic N) is 4. The van der Waals surface area contributed by atoms with Crippen LogP contribution in [0.3, 0.4) is 0 Å². The Bertz CT molecular complexity index is 1060. The van der Waals surface area contributed by atoms with Crippen molar-refractivity contribution in [2.24, 2.45) is 0 Å². The second-order valence-electron chi connectivity index (χ2n) is 6.81. The molecule has 0 unspecified atom stereocenters. The summed E-state index contributed by atoms with van der Waals surface area (Å²) >= 11 is 0. The number of hydrogen-bond donors (Lipinski definition) is 0. The fourth-order valence-corrected chi connectivity index (χ4v) is 5.03. The van der Waals surface area contributed by atoms with E-state index in [4.69, 9.17) is 0 Å². The number of rotatable bonds is 5. The lowest BCUT2D eigenvalue weighted by atomic mass is 10.1. The van der Waals surface area contributed by atoms with E-state index in [0.29, 0.717) is 24.2 Å². The summed E-state index contributed by atoms with van der Waals surface area (Å²) in [4.78, 5) is 22.7. The standard InChI is InChI=1S/C18H20N4O6S/c1-13-11-17(22(25)26)12-18(14(13)2)29(27,28)20-9-7-19(8-10-20)15-3-5-16(6-4-15)21(23)24/h3-6,11-12H,7-10H2,1-2H3. The van der Waals surface area contributed by atoms with Crippen LogP contribution in [-0.4, -0.2) is 48.7 Å². The molecule has 0 N–H and O–H groups in total. The largest absolute Gasteiger partial charge is 0.369 e. The first kappa shape index (κ1) is 20.7. The lowest BCUT2D eigenvalue weighted by Crippen LogP contribution is -2.48. The van der Waals surface area contributed by atoms with Crippen molar-refractivity contribution in [2.75, 3.05) is 31.1 Å². The van der Waals surface area contributed by atoms with E-state index in [-0.39, 0.29) is 29.4 Å². The topological polar surface area (TPSA) is 127 Å². The molecule has 2 aromatic carbocycles. The van der Waals surface area contributed by atoms with Gasteiger partial charge in [0.15, 0.2) is 0 Å². The van der Waals surface area contributed by atoms with Crippen LogP contribution in [0.5, 0.6) is 0 Å². The van der Waals surface area contributed by atoms with Crippen molar-refractivity contribution in [1.29, 1.82) is 0 Å². The van der Waals surface area contributed by atoms with Gasteiger partial charge in [-0.3, -0.25) is 20.2 Å². The van der Waals surface area contributed by atoms with Crippen LogP contribution in [0.2, 0.25) is 0 Å². The van der Waals surface area contributed by atoms with Gasteiger partial charge in [0.2, 0.25) is 10.0 Å². The molecular formula is C18H20N4O6S. The van der Waals surface area contributed by atoms with Crippen LogP contribution in [0.1, 0.15) is 11.1 Å². The average Bonchev–Trinajstić information content (AvgIpc) is 2.69. The highest BCUT2D eigenvalue weighted by atomic mass is 32.2. The van der Waals surface area contributed by atoms with Gasteiger partial charge in [-0.05, 0) is 37.1 Å². The third-order valence-electron chi connectivity index (χ3n) is 5.10. The molecule has 29 heavy (non-hydrogen) atoms. The first-order chi connectivity index (χ1) is 13.6. The molecule has 0 aromatic heterocycles. The molecule has 1 fully saturated rings. The number of anilines is 1. The Hall–Kier alpha value is -3.05. The summed E-state index contributed by atoms with van der Waals surface area (Å²) in [7, 11) is -3.88. The normalized spacial score (nSPS) is 15.3. The summed E-state index contributed by atoms with van der Waals surface area (Å²) in [6, 6.07) is 8.56. The van der Waals surface area contributed by atoms with E-state index >= 15 is 0 Å². The van der Waals surface area contributed by atoms with Crippen LogP contribution in [0, 0.1) is 34.1 Å². The zero-order chi connectivity index (χ0) is 21.3. The van der Waals surface area contributed by atoms with Gasteiger partial charge in [-0.25, -0.2) is 8.42 Å². The highest BCUT2D eigenvalue weighted by Crippen LogP contribution is 2.29. The van der Waals surface area contributed by atoms with Gasteiger partial charge in [-0.2, -0.15) is 4.31 Å². The molecule has 11 heteroatoms. The van der Waals surface area contributed by atoms with E-state index in [1.807, 2.05) is 4.90 Å². The van der Waals surface area contributed by atoms with Gasteiger partial charge < -0.3 is 4.90 Å². The van der Waals surface area contributed by atoms with E-state index in [9.17, 15) is 28.6 Å². The molecule has 0 bridgehead atoms. The van der Waals surface area contributed by atoms with Gasteiger partial charge in [0, 0.05) is 56.1 Å². The van der Waals surface area contributed by atoms with Gasteiger partial charge in [0.25, 0.3) is 11.4 Å². The minimum absolute atomic E-state index is 0.00789. The Labute approximate surface area is 167 Å². The predicted octanol–water partition coefficient (Wildman–Crippen LogP) is 2.63. The number of sulfonamides is 1. The molecule has 0 saturated carbocycles. The van der Waals surface area contributed by atoms with Crippen LogP contribution >= 0.6 is 0 Å². The van der Waals surface area contributed by atoms with E-state index in [0.717, 1.165) is 11.8 Å². The molecule has 0 aliphatic carbocycles. The van der Waals surface area contributed by atoms with Gasteiger partial charge in [0.05, 0.1) is 14.7 Å². The maximum Gasteiger partial charge on any atom is 0.271 e. The highest BCUT2D eigenvalue weighted by molar-refractivity contribution is 7.89. The molecule has 3 rings (SSSR count). The predicted molar refractivity (Wildman–Crippen MR) is 107 cm³/mol. The Morgan fingerprint density at radius 1 is 0.862 bits per heavy atom. The van der Waals surface area contributed by atoms with Crippen molar-refractivity contribution in [1.82, 2.24) is 4.31 Å². The summed E-state index contributed by atoms with van der Waals surface area (Å²) in [5.74, 6) is 0. The van der Waals surface area contributed by atoms with E-state index in [1.165, 1.54) is 22.5 Å². The van der Waals surface area contributed by atoms with E-state index < -0.39 is 19.9 Å². The number of non-ortho nitro benzene ring substituents is 2. The maximum absolute atomic E-state index is 13.1. The number of nitro groups is 2. The molecule has 1 aliphatic heterocycles. The Morgan fingerprint density at radius 2 is 1.41 bits per heavy atom. The molecule has 0 atom stereocenters. The molecule has 0 amide bonds. The average molecular weight is 420 g/mol. The third kappa shape index (κ3) is 4.05. The Kier molecular flexibility index (Phi) is 5.53. The number of nitro benzene ring substituents is 2. The zero-order valence-corrected chi connectivity index (χ0v) is 16.8.